The summed E-state index contributed by atoms with van der Waals surface area (Å²) in [7, 11) is 2.34. The second-order valence-electron chi connectivity index (χ2n) is 6.47. The maximum atomic E-state index is 12.6. The molecule has 0 heterocycles. The first kappa shape index (κ1) is 22.2. The van der Waals surface area contributed by atoms with Crippen LogP contribution in [0.4, 0.5) is 5.69 Å². The number of benzene rings is 3. The molecule has 0 unspecified atom stereocenters. The quantitative estimate of drug-likeness (QED) is 0.234. The Labute approximate surface area is 182 Å². The summed E-state index contributed by atoms with van der Waals surface area (Å²) in [6, 6.07) is 15.9. The van der Waals surface area contributed by atoms with Crippen LogP contribution in [0, 0.1) is 10.1 Å². The van der Waals surface area contributed by atoms with Gasteiger partial charge in [-0.1, -0.05) is 30.3 Å². The number of carbonyl (C=O) groups excluding carboxylic acids is 3. The minimum Gasteiger partial charge on any atom is -0.465 e. The van der Waals surface area contributed by atoms with E-state index in [-0.39, 0.29) is 34.0 Å². The average Bonchev–Trinajstić information content (AvgIpc) is 2.82. The number of nitrogens with zero attached hydrogens (tertiary/aromatic N) is 1. The Balaban J connectivity index is 2.01. The fourth-order valence-electron chi connectivity index (χ4n) is 2.90. The lowest BCUT2D eigenvalue weighted by Gasteiger charge is -2.11. The summed E-state index contributed by atoms with van der Waals surface area (Å²) in [5.74, 6) is -2.07. The molecule has 3 aromatic rings. The van der Waals surface area contributed by atoms with Gasteiger partial charge >= 0.3 is 17.6 Å². The molecule has 32 heavy (non-hydrogen) atoms. The van der Waals surface area contributed by atoms with Crippen LogP contribution in [0.5, 0.6) is 11.5 Å². The van der Waals surface area contributed by atoms with E-state index in [0.717, 1.165) is 6.07 Å². The first-order valence-corrected chi connectivity index (χ1v) is 9.21. The summed E-state index contributed by atoms with van der Waals surface area (Å²) >= 11 is 0. The summed E-state index contributed by atoms with van der Waals surface area (Å²) in [5.41, 5.74) is 0.000467. The third-order valence-electron chi connectivity index (χ3n) is 4.43. The van der Waals surface area contributed by atoms with Crippen molar-refractivity contribution in [3.8, 4) is 11.5 Å². The van der Waals surface area contributed by atoms with Gasteiger partial charge in [-0.25, -0.2) is 9.59 Å². The molecule has 0 bridgehead atoms. The van der Waals surface area contributed by atoms with Gasteiger partial charge in [-0.05, 0) is 30.3 Å². The number of rotatable bonds is 7. The van der Waals surface area contributed by atoms with Crippen molar-refractivity contribution in [2.24, 2.45) is 0 Å². The first-order valence-electron chi connectivity index (χ1n) is 9.21. The molecule has 0 spiro atoms. The molecule has 3 rings (SSSR count). The number of ether oxygens (including phenoxy) is 3. The molecule has 0 saturated heterocycles. The molecule has 0 radical (unpaired) electrons. The highest BCUT2D eigenvalue weighted by atomic mass is 16.6. The van der Waals surface area contributed by atoms with E-state index in [1.165, 1.54) is 44.6 Å². The largest absolute Gasteiger partial charge is 0.465 e. The van der Waals surface area contributed by atoms with Crippen LogP contribution in [-0.4, -0.2) is 36.9 Å². The van der Waals surface area contributed by atoms with Crippen LogP contribution in [0.25, 0.3) is 0 Å². The van der Waals surface area contributed by atoms with Crippen molar-refractivity contribution in [3.05, 3.63) is 99.1 Å². The van der Waals surface area contributed by atoms with Crippen molar-refractivity contribution < 1.29 is 33.5 Å². The normalized spacial score (nSPS) is 10.2. The Kier molecular flexibility index (Phi) is 6.59. The summed E-state index contributed by atoms with van der Waals surface area (Å²) in [4.78, 5) is 47.4. The van der Waals surface area contributed by atoms with Gasteiger partial charge in [0.1, 0.15) is 5.75 Å². The molecule has 0 atom stereocenters. The first-order chi connectivity index (χ1) is 15.3. The number of ketones is 1. The predicted molar refractivity (Wildman–Crippen MR) is 112 cm³/mol. The number of carbonyl (C=O) groups is 3. The van der Waals surface area contributed by atoms with Gasteiger partial charge < -0.3 is 14.2 Å². The van der Waals surface area contributed by atoms with E-state index < -0.39 is 22.5 Å². The van der Waals surface area contributed by atoms with Crippen LogP contribution in [0.15, 0.2) is 66.7 Å². The average molecular weight is 435 g/mol. The Morgan fingerprint density at radius 2 is 1.34 bits per heavy atom. The third-order valence-corrected chi connectivity index (χ3v) is 4.43. The van der Waals surface area contributed by atoms with E-state index >= 15 is 0 Å². The van der Waals surface area contributed by atoms with E-state index in [2.05, 4.69) is 9.47 Å². The smallest absolute Gasteiger partial charge is 0.338 e. The number of nitro groups is 1. The van der Waals surface area contributed by atoms with Crippen LogP contribution in [0.1, 0.15) is 36.6 Å². The van der Waals surface area contributed by atoms with E-state index in [4.69, 9.17) is 4.74 Å². The van der Waals surface area contributed by atoms with Crippen molar-refractivity contribution >= 4 is 23.4 Å². The molecule has 9 heteroatoms. The topological polar surface area (TPSA) is 122 Å². The highest BCUT2D eigenvalue weighted by Gasteiger charge is 2.22. The monoisotopic (exact) mass is 435 g/mol. The molecule has 0 aliphatic rings. The fourth-order valence-corrected chi connectivity index (χ4v) is 2.90. The summed E-state index contributed by atoms with van der Waals surface area (Å²) in [6.07, 6.45) is 0. The zero-order valence-corrected chi connectivity index (χ0v) is 17.1. The van der Waals surface area contributed by atoms with E-state index in [1.807, 2.05) is 0 Å². The molecule has 3 aromatic carbocycles. The molecule has 0 aliphatic heterocycles. The Bertz CT molecular complexity index is 1170. The van der Waals surface area contributed by atoms with Gasteiger partial charge in [0, 0.05) is 17.2 Å². The van der Waals surface area contributed by atoms with E-state index in [1.54, 1.807) is 30.3 Å². The maximum Gasteiger partial charge on any atom is 0.338 e. The molecule has 0 saturated carbocycles. The van der Waals surface area contributed by atoms with Crippen molar-refractivity contribution in [1.82, 2.24) is 0 Å². The van der Waals surface area contributed by atoms with Crippen LogP contribution in [-0.2, 0) is 9.47 Å². The molecule has 9 nitrogen and oxygen atoms in total. The molecule has 0 N–H and O–H groups in total. The molecular formula is C23H17NO8. The number of hydrogen-bond acceptors (Lipinski definition) is 8. The SMILES string of the molecule is COC(=O)c1cc(Oc2ccc(C(=O)c3ccccc3)cc2[N+](=O)[O-])cc(C(=O)OC)c1. The summed E-state index contributed by atoms with van der Waals surface area (Å²) in [6.45, 7) is 0. The zero-order valence-electron chi connectivity index (χ0n) is 17.1. The molecule has 0 aliphatic carbocycles. The molecular weight excluding hydrogens is 418 g/mol. The van der Waals surface area contributed by atoms with Crippen LogP contribution in [0.3, 0.4) is 0 Å². The lowest BCUT2D eigenvalue weighted by Crippen LogP contribution is -2.07. The van der Waals surface area contributed by atoms with Gasteiger partial charge in [0.05, 0.1) is 30.3 Å². The number of esters is 2. The van der Waals surface area contributed by atoms with E-state index in [0.29, 0.717) is 5.56 Å². The van der Waals surface area contributed by atoms with Gasteiger partial charge in [0.15, 0.2) is 5.78 Å². The Morgan fingerprint density at radius 3 is 1.88 bits per heavy atom. The number of methoxy groups -OCH3 is 2. The molecule has 0 aromatic heterocycles. The predicted octanol–water partition coefficient (Wildman–Crippen LogP) is 4.19. The summed E-state index contributed by atoms with van der Waals surface area (Å²) < 4.78 is 14.9. The number of hydrogen-bond donors (Lipinski definition) is 0. The minimum atomic E-state index is -0.737. The van der Waals surface area contributed by atoms with Crippen molar-refractivity contribution in [3.63, 3.8) is 0 Å². The van der Waals surface area contributed by atoms with Gasteiger partial charge in [-0.2, -0.15) is 0 Å². The second-order valence-corrected chi connectivity index (χ2v) is 6.47. The Morgan fingerprint density at radius 1 is 0.750 bits per heavy atom. The lowest BCUT2D eigenvalue weighted by atomic mass is 10.0. The Hall–Kier alpha value is -4.53. The highest BCUT2D eigenvalue weighted by molar-refractivity contribution is 6.09. The van der Waals surface area contributed by atoms with Crippen LogP contribution in [0.2, 0.25) is 0 Å². The highest BCUT2D eigenvalue weighted by Crippen LogP contribution is 2.34. The number of nitro benzene ring substituents is 1. The molecule has 162 valence electrons. The summed E-state index contributed by atoms with van der Waals surface area (Å²) in [5, 5.41) is 11.6. The van der Waals surface area contributed by atoms with Gasteiger partial charge in [-0.3, -0.25) is 14.9 Å². The lowest BCUT2D eigenvalue weighted by molar-refractivity contribution is -0.385. The molecule has 0 fully saturated rings. The van der Waals surface area contributed by atoms with Crippen LogP contribution >= 0.6 is 0 Å². The van der Waals surface area contributed by atoms with Crippen molar-refractivity contribution in [2.75, 3.05) is 14.2 Å². The third kappa shape index (κ3) is 4.78. The standard InChI is InChI=1S/C23H17NO8/c1-30-22(26)16-10-17(23(27)31-2)12-18(11-16)32-20-9-8-15(13-19(20)24(28)29)21(25)14-6-4-3-5-7-14/h3-13H,1-2H3. The van der Waals surface area contributed by atoms with Crippen molar-refractivity contribution in [1.29, 1.82) is 0 Å². The van der Waals surface area contributed by atoms with E-state index in [9.17, 15) is 24.5 Å². The van der Waals surface area contributed by atoms with Crippen molar-refractivity contribution in [2.45, 2.75) is 0 Å². The van der Waals surface area contributed by atoms with Gasteiger partial charge in [0.25, 0.3) is 0 Å². The minimum absolute atomic E-state index is 0.0103. The fraction of sp³-hybridized carbons (Fsp3) is 0.0870. The van der Waals surface area contributed by atoms with Gasteiger partial charge in [-0.15, -0.1) is 0 Å². The van der Waals surface area contributed by atoms with Crippen LogP contribution < -0.4 is 4.74 Å². The van der Waals surface area contributed by atoms with Gasteiger partial charge in [0.2, 0.25) is 5.75 Å². The zero-order chi connectivity index (χ0) is 23.3. The second kappa shape index (κ2) is 9.52. The molecule has 0 amide bonds. The maximum absolute atomic E-state index is 12.6.